The summed E-state index contributed by atoms with van der Waals surface area (Å²) in [6.07, 6.45) is 2.54. The van der Waals surface area contributed by atoms with Crippen LogP contribution in [-0.4, -0.2) is 53.3 Å². The van der Waals surface area contributed by atoms with Crippen LogP contribution in [0.15, 0.2) is 97.3 Å². The molecule has 1 saturated heterocycles. The van der Waals surface area contributed by atoms with Crippen molar-refractivity contribution in [3.8, 4) is 16.9 Å². The van der Waals surface area contributed by atoms with E-state index < -0.39 is 6.09 Å². The molecule has 1 fully saturated rings. The minimum atomic E-state index is -0.865. The summed E-state index contributed by atoms with van der Waals surface area (Å²) in [6, 6.07) is 27.2. The van der Waals surface area contributed by atoms with Crippen molar-refractivity contribution < 1.29 is 19.4 Å². The quantitative estimate of drug-likeness (QED) is 0.276. The number of nitrogens with one attached hydrogen (secondary N) is 2. The van der Waals surface area contributed by atoms with Crippen molar-refractivity contribution in [2.45, 2.75) is 13.2 Å². The zero-order valence-electron chi connectivity index (χ0n) is 22.0. The Balaban J connectivity index is 1.18. The second-order valence-corrected chi connectivity index (χ2v) is 9.45. The summed E-state index contributed by atoms with van der Waals surface area (Å²) in [5, 5.41) is 14.9. The molecule has 0 unspecified atom stereocenters. The molecule has 3 aromatic carbocycles. The molecule has 1 aromatic heterocycles. The van der Waals surface area contributed by atoms with Gasteiger partial charge in [0.1, 0.15) is 12.4 Å². The van der Waals surface area contributed by atoms with Gasteiger partial charge in [0.15, 0.2) is 0 Å². The second-order valence-electron chi connectivity index (χ2n) is 9.45. The van der Waals surface area contributed by atoms with Crippen LogP contribution in [0, 0.1) is 0 Å². The molecular weight excluding hydrogens is 506 g/mol. The summed E-state index contributed by atoms with van der Waals surface area (Å²) in [7, 11) is 0. The highest BCUT2D eigenvalue weighted by Crippen LogP contribution is 2.29. The van der Waals surface area contributed by atoms with E-state index in [0.717, 1.165) is 27.9 Å². The molecule has 1 aliphatic rings. The molecule has 3 amide bonds. The number of aromatic nitrogens is 1. The first-order chi connectivity index (χ1) is 19.5. The normalized spacial score (nSPS) is 13.0. The molecule has 3 N–H and O–H groups in total. The Bertz CT molecular complexity index is 1440. The van der Waals surface area contributed by atoms with Crippen LogP contribution in [0.2, 0.25) is 0 Å². The Kier molecular flexibility index (Phi) is 8.41. The van der Waals surface area contributed by atoms with Crippen LogP contribution in [-0.2, 0) is 13.2 Å². The number of ether oxygens (including phenoxy) is 1. The largest absolute Gasteiger partial charge is 0.489 e. The van der Waals surface area contributed by atoms with Gasteiger partial charge in [0.05, 0.1) is 0 Å². The maximum atomic E-state index is 12.2. The summed E-state index contributed by atoms with van der Waals surface area (Å²) in [5.41, 5.74) is 5.87. The zero-order valence-corrected chi connectivity index (χ0v) is 22.0. The Labute approximate surface area is 233 Å². The Morgan fingerprint density at radius 1 is 0.900 bits per heavy atom. The number of anilines is 2. The fourth-order valence-corrected chi connectivity index (χ4v) is 4.61. The predicted molar refractivity (Wildman–Crippen MR) is 155 cm³/mol. The lowest BCUT2D eigenvalue weighted by atomic mass is 9.99. The van der Waals surface area contributed by atoms with Gasteiger partial charge in [-0.25, -0.2) is 9.59 Å². The fraction of sp³-hybridized carbons (Fsp3) is 0.194. The third-order valence-corrected chi connectivity index (χ3v) is 6.77. The number of rotatable bonds is 8. The Morgan fingerprint density at radius 2 is 1.70 bits per heavy atom. The molecule has 5 rings (SSSR count). The van der Waals surface area contributed by atoms with Crippen molar-refractivity contribution in [1.29, 1.82) is 0 Å². The van der Waals surface area contributed by atoms with Gasteiger partial charge in [-0.15, -0.1) is 0 Å². The lowest BCUT2D eigenvalue weighted by molar-refractivity contribution is 0.142. The standard InChI is InChI=1S/C31H31N5O4/c37-30(33-21-23-5-4-14-32-20-23)34-26-10-12-28(13-11-26)40-22-25-6-1-2-9-29(25)24-7-3-8-27(19-24)35-15-17-36(18-16-35)31(38)39/h1-14,19-20H,15-18,21-22H2,(H,38,39)(H2,33,34,37). The zero-order chi connectivity index (χ0) is 27.7. The number of benzene rings is 3. The predicted octanol–water partition coefficient (Wildman–Crippen LogP) is 5.45. The average molecular weight is 538 g/mol. The lowest BCUT2D eigenvalue weighted by Gasteiger charge is -2.34. The summed E-state index contributed by atoms with van der Waals surface area (Å²) in [5.74, 6) is 0.696. The maximum Gasteiger partial charge on any atom is 0.407 e. The van der Waals surface area contributed by atoms with Crippen LogP contribution in [0.4, 0.5) is 21.0 Å². The number of carboxylic acid groups (broad SMARTS) is 1. The number of pyridine rings is 1. The van der Waals surface area contributed by atoms with Crippen LogP contribution < -0.4 is 20.3 Å². The van der Waals surface area contributed by atoms with Crippen molar-refractivity contribution in [3.63, 3.8) is 0 Å². The number of hydrogen-bond acceptors (Lipinski definition) is 5. The fourth-order valence-electron chi connectivity index (χ4n) is 4.61. The third-order valence-electron chi connectivity index (χ3n) is 6.77. The highest BCUT2D eigenvalue weighted by Gasteiger charge is 2.21. The highest BCUT2D eigenvalue weighted by molar-refractivity contribution is 5.89. The number of urea groups is 1. The van der Waals surface area contributed by atoms with E-state index in [1.165, 1.54) is 4.90 Å². The molecule has 40 heavy (non-hydrogen) atoms. The average Bonchev–Trinajstić information content (AvgIpc) is 3.00. The van der Waals surface area contributed by atoms with Crippen molar-refractivity contribution in [2.75, 3.05) is 36.4 Å². The number of piperazine rings is 1. The van der Waals surface area contributed by atoms with Crippen LogP contribution in [0.1, 0.15) is 11.1 Å². The van der Waals surface area contributed by atoms with Gasteiger partial charge in [0, 0.05) is 56.5 Å². The molecule has 204 valence electrons. The Morgan fingerprint density at radius 3 is 2.45 bits per heavy atom. The number of carbonyl (C=O) groups is 2. The van der Waals surface area contributed by atoms with E-state index >= 15 is 0 Å². The molecule has 0 spiro atoms. The van der Waals surface area contributed by atoms with Crippen LogP contribution in [0.3, 0.4) is 0 Å². The third kappa shape index (κ3) is 6.87. The van der Waals surface area contributed by atoms with Crippen molar-refractivity contribution in [3.05, 3.63) is 108 Å². The SMILES string of the molecule is O=C(NCc1cccnc1)Nc1ccc(OCc2ccccc2-c2cccc(N3CCN(C(=O)O)CC3)c2)cc1. The van der Waals surface area contributed by atoms with Gasteiger partial charge in [-0.05, 0) is 64.7 Å². The number of hydrogen-bond donors (Lipinski definition) is 3. The van der Waals surface area contributed by atoms with E-state index in [9.17, 15) is 14.7 Å². The molecule has 2 heterocycles. The summed E-state index contributed by atoms with van der Waals surface area (Å²) in [6.45, 7) is 3.10. The number of nitrogens with zero attached hydrogens (tertiary/aromatic N) is 3. The number of carbonyl (C=O) groups excluding carboxylic acids is 1. The molecule has 0 atom stereocenters. The summed E-state index contributed by atoms with van der Waals surface area (Å²) in [4.78, 5) is 31.2. The van der Waals surface area contributed by atoms with E-state index in [1.54, 1.807) is 24.5 Å². The lowest BCUT2D eigenvalue weighted by Crippen LogP contribution is -2.48. The van der Waals surface area contributed by atoms with E-state index in [2.05, 4.69) is 50.8 Å². The Hall–Kier alpha value is -5.05. The molecule has 0 bridgehead atoms. The van der Waals surface area contributed by atoms with Gasteiger partial charge in [0.2, 0.25) is 0 Å². The van der Waals surface area contributed by atoms with Gasteiger partial charge in [-0.1, -0.05) is 42.5 Å². The smallest absolute Gasteiger partial charge is 0.407 e. The molecule has 0 aliphatic carbocycles. The van der Waals surface area contributed by atoms with Crippen molar-refractivity contribution in [2.24, 2.45) is 0 Å². The first-order valence-electron chi connectivity index (χ1n) is 13.1. The van der Waals surface area contributed by atoms with Gasteiger partial charge in [-0.2, -0.15) is 0 Å². The highest BCUT2D eigenvalue weighted by atomic mass is 16.5. The van der Waals surface area contributed by atoms with E-state index in [0.29, 0.717) is 50.8 Å². The molecule has 0 saturated carbocycles. The number of amides is 3. The molecule has 9 heteroatoms. The van der Waals surface area contributed by atoms with Crippen LogP contribution in [0.25, 0.3) is 11.1 Å². The molecule has 4 aromatic rings. The van der Waals surface area contributed by atoms with Crippen molar-refractivity contribution >= 4 is 23.5 Å². The minimum absolute atomic E-state index is 0.294. The van der Waals surface area contributed by atoms with Gasteiger partial charge >= 0.3 is 12.1 Å². The van der Waals surface area contributed by atoms with E-state index in [1.807, 2.05) is 42.5 Å². The summed E-state index contributed by atoms with van der Waals surface area (Å²) < 4.78 is 6.09. The van der Waals surface area contributed by atoms with E-state index in [4.69, 9.17) is 4.74 Å². The molecule has 0 radical (unpaired) electrons. The van der Waals surface area contributed by atoms with Gasteiger partial charge < -0.3 is 30.3 Å². The monoisotopic (exact) mass is 537 g/mol. The van der Waals surface area contributed by atoms with Crippen LogP contribution >= 0.6 is 0 Å². The van der Waals surface area contributed by atoms with Gasteiger partial charge in [-0.3, -0.25) is 4.98 Å². The molecule has 1 aliphatic heterocycles. The van der Waals surface area contributed by atoms with Crippen LogP contribution in [0.5, 0.6) is 5.75 Å². The maximum absolute atomic E-state index is 12.2. The molecular formula is C31H31N5O4. The minimum Gasteiger partial charge on any atom is -0.489 e. The summed E-state index contributed by atoms with van der Waals surface area (Å²) >= 11 is 0. The topological polar surface area (TPSA) is 107 Å². The van der Waals surface area contributed by atoms with Crippen molar-refractivity contribution in [1.82, 2.24) is 15.2 Å². The second kappa shape index (κ2) is 12.7. The van der Waals surface area contributed by atoms with Gasteiger partial charge in [0.25, 0.3) is 0 Å². The molecule has 9 nitrogen and oxygen atoms in total. The first kappa shape index (κ1) is 26.6. The van der Waals surface area contributed by atoms with E-state index in [-0.39, 0.29) is 6.03 Å². The first-order valence-corrected chi connectivity index (χ1v) is 13.1.